The Morgan fingerprint density at radius 1 is 0.833 bits per heavy atom. The molecule has 0 N–H and O–H groups in total. The van der Waals surface area contributed by atoms with Crippen LogP contribution in [0.15, 0.2) is 35.9 Å². The lowest BCUT2D eigenvalue weighted by Gasteiger charge is -2.71. The second kappa shape index (κ2) is 11.5. The molecule has 4 unspecified atom stereocenters. The highest BCUT2D eigenvalue weighted by Gasteiger charge is 2.69. The van der Waals surface area contributed by atoms with E-state index < -0.39 is 0 Å². The van der Waals surface area contributed by atoms with Crippen LogP contribution in [0.3, 0.4) is 0 Å². The van der Waals surface area contributed by atoms with Crippen molar-refractivity contribution in [2.45, 2.75) is 126 Å². The van der Waals surface area contributed by atoms with Crippen molar-refractivity contribution in [3.8, 4) is 0 Å². The Balaban J connectivity index is 1.16. The number of carbonyl (C=O) groups is 2. The molecular formula is C42H61ClN2O3. The minimum absolute atomic E-state index is 0.0148. The summed E-state index contributed by atoms with van der Waals surface area (Å²) in [6, 6.07) is 8.06. The molecular weight excluding hydrogens is 616 g/mol. The largest absolute Gasteiger partial charge is 0.462 e. The zero-order valence-electron chi connectivity index (χ0n) is 31.1. The molecule has 0 bridgehead atoms. The molecule has 6 heteroatoms. The van der Waals surface area contributed by atoms with Crippen molar-refractivity contribution >= 4 is 29.2 Å². The summed E-state index contributed by atoms with van der Waals surface area (Å²) >= 11 is 6.53. The predicted octanol–water partition coefficient (Wildman–Crippen LogP) is 9.72. The summed E-state index contributed by atoms with van der Waals surface area (Å²) < 4.78 is 6.26. The molecule has 4 saturated carbocycles. The Bertz CT molecular complexity index is 1500. The summed E-state index contributed by atoms with van der Waals surface area (Å²) in [7, 11) is 0. The first kappa shape index (κ1) is 34.4. The molecule has 1 aromatic rings. The lowest BCUT2D eigenvalue weighted by molar-refractivity contribution is -0.229. The molecule has 1 amide bonds. The monoisotopic (exact) mass is 676 g/mol. The number of halogens is 1. The van der Waals surface area contributed by atoms with Crippen molar-refractivity contribution in [1.82, 2.24) is 4.90 Å². The zero-order chi connectivity index (χ0) is 34.5. The van der Waals surface area contributed by atoms with E-state index in [1.165, 1.54) is 25.7 Å². The molecule has 5 fully saturated rings. The van der Waals surface area contributed by atoms with Gasteiger partial charge in [0.25, 0.3) is 0 Å². The Morgan fingerprint density at radius 2 is 1.52 bits per heavy atom. The Kier molecular flexibility index (Phi) is 8.25. The van der Waals surface area contributed by atoms with Gasteiger partial charge in [-0.1, -0.05) is 83.8 Å². The van der Waals surface area contributed by atoms with Crippen LogP contribution in [0.1, 0.15) is 120 Å². The lowest BCUT2D eigenvalue weighted by atomic mass is 9.33. The number of carbonyl (C=O) groups excluding carboxylic acids is 2. The van der Waals surface area contributed by atoms with Crippen molar-refractivity contribution in [1.29, 1.82) is 0 Å². The van der Waals surface area contributed by atoms with Crippen LogP contribution in [-0.2, 0) is 14.3 Å². The summed E-state index contributed by atoms with van der Waals surface area (Å²) in [6.07, 6.45) is 13.7. The third-order valence-corrected chi connectivity index (χ3v) is 16.6. The summed E-state index contributed by atoms with van der Waals surface area (Å²) in [5, 5.41) is 0.782. The van der Waals surface area contributed by atoms with E-state index in [-0.39, 0.29) is 44.6 Å². The van der Waals surface area contributed by atoms with Gasteiger partial charge in [0.05, 0.1) is 10.7 Å². The number of anilines is 1. The van der Waals surface area contributed by atoms with E-state index in [0.29, 0.717) is 23.7 Å². The van der Waals surface area contributed by atoms with E-state index in [2.05, 4.69) is 70.4 Å². The van der Waals surface area contributed by atoms with Crippen molar-refractivity contribution in [3.05, 3.63) is 40.9 Å². The first-order valence-corrected chi connectivity index (χ1v) is 19.5. The van der Waals surface area contributed by atoms with Crippen LogP contribution in [0.2, 0.25) is 5.02 Å². The van der Waals surface area contributed by atoms with Crippen molar-refractivity contribution in [2.24, 2.45) is 50.2 Å². The summed E-state index contributed by atoms with van der Waals surface area (Å²) in [6.45, 7) is 22.2. The minimum atomic E-state index is -0.342. The molecule has 264 valence electrons. The van der Waals surface area contributed by atoms with Gasteiger partial charge in [-0.3, -0.25) is 9.59 Å². The van der Waals surface area contributed by atoms with Crippen LogP contribution in [0.4, 0.5) is 5.69 Å². The molecule has 6 aliphatic rings. The van der Waals surface area contributed by atoms with Gasteiger partial charge in [-0.25, -0.2) is 0 Å². The van der Waals surface area contributed by atoms with E-state index in [4.69, 9.17) is 16.3 Å². The van der Waals surface area contributed by atoms with Gasteiger partial charge in [-0.15, -0.1) is 0 Å². The van der Waals surface area contributed by atoms with E-state index in [0.717, 1.165) is 75.4 Å². The van der Waals surface area contributed by atoms with E-state index in [9.17, 15) is 9.59 Å². The molecule has 5 aliphatic carbocycles. The SMILES string of the molecule is CC(=O)OC1CCC(C)(C)C2CC[C@]3(C)C(CC=C4[C@@H]5CC(C)(C(=O)N6CCN(c7ccccc7Cl)CC6)CC[C@]5(C)CC[C@]43C)[C@@]12C. The number of esters is 1. The number of piperazine rings is 1. The molecule has 5 nitrogen and oxygen atoms in total. The first-order chi connectivity index (χ1) is 22.5. The second-order valence-electron chi connectivity index (χ2n) is 19.0. The first-order valence-electron chi connectivity index (χ1n) is 19.2. The third-order valence-electron chi connectivity index (χ3n) is 16.3. The minimum Gasteiger partial charge on any atom is -0.462 e. The lowest BCUT2D eigenvalue weighted by Crippen LogP contribution is -2.66. The number of ether oxygens (including phenoxy) is 1. The number of rotatable bonds is 3. The van der Waals surface area contributed by atoms with Gasteiger partial charge in [0.15, 0.2) is 0 Å². The van der Waals surface area contributed by atoms with Gasteiger partial charge < -0.3 is 14.5 Å². The van der Waals surface area contributed by atoms with Crippen LogP contribution >= 0.6 is 11.6 Å². The Hall–Kier alpha value is -2.01. The number of para-hydroxylation sites is 1. The molecule has 1 saturated heterocycles. The fraction of sp³-hybridized carbons (Fsp3) is 0.762. The zero-order valence-corrected chi connectivity index (χ0v) is 31.8. The number of nitrogens with zero attached hydrogens (tertiary/aromatic N) is 2. The summed E-state index contributed by atoms with van der Waals surface area (Å²) in [4.78, 5) is 31.5. The van der Waals surface area contributed by atoms with E-state index in [1.54, 1.807) is 12.5 Å². The highest BCUT2D eigenvalue weighted by atomic mass is 35.5. The Labute approximate surface area is 295 Å². The van der Waals surface area contributed by atoms with Gasteiger partial charge >= 0.3 is 5.97 Å². The fourth-order valence-electron chi connectivity index (χ4n) is 13.1. The third kappa shape index (κ3) is 4.96. The molecule has 9 atom stereocenters. The topological polar surface area (TPSA) is 49.9 Å². The van der Waals surface area contributed by atoms with Gasteiger partial charge in [0, 0.05) is 43.9 Å². The van der Waals surface area contributed by atoms with Gasteiger partial charge in [-0.05, 0) is 116 Å². The number of benzene rings is 1. The maximum absolute atomic E-state index is 14.5. The highest BCUT2D eigenvalue weighted by Crippen LogP contribution is 2.76. The number of hydrogen-bond donors (Lipinski definition) is 0. The standard InChI is InChI=1S/C42H61ClN2O3/c1-28(46)48-35-16-17-37(2,3)33-15-18-41(7)34(42(33,35)8)14-13-29-30-27-39(5,20-19-38(30,4)21-22-40(29,41)6)36(47)45-25-23-44(24-26-45)32-12-10-9-11-31(32)43/h9-13,30,33-35H,14-27H2,1-8H3/t30-,33?,34?,35?,38+,39?,40+,41+,42-/m0/s1. The van der Waals surface area contributed by atoms with E-state index in [1.807, 2.05) is 18.2 Å². The quantitative estimate of drug-likeness (QED) is 0.236. The van der Waals surface area contributed by atoms with Crippen LogP contribution in [-0.4, -0.2) is 49.1 Å². The molecule has 7 rings (SSSR count). The molecule has 0 spiro atoms. The van der Waals surface area contributed by atoms with Crippen LogP contribution in [0.5, 0.6) is 0 Å². The highest BCUT2D eigenvalue weighted by molar-refractivity contribution is 6.33. The summed E-state index contributed by atoms with van der Waals surface area (Å²) in [5.74, 6) is 1.67. The maximum Gasteiger partial charge on any atom is 0.302 e. The molecule has 0 aromatic heterocycles. The molecule has 1 heterocycles. The van der Waals surface area contributed by atoms with Crippen LogP contribution in [0, 0.1) is 50.2 Å². The number of allylic oxidation sites excluding steroid dienone is 2. The molecule has 1 aliphatic heterocycles. The van der Waals surface area contributed by atoms with Gasteiger partial charge in [0.2, 0.25) is 5.91 Å². The van der Waals surface area contributed by atoms with E-state index >= 15 is 0 Å². The van der Waals surface area contributed by atoms with Crippen LogP contribution < -0.4 is 4.90 Å². The predicted molar refractivity (Wildman–Crippen MR) is 195 cm³/mol. The number of fused-ring (bicyclic) bond motifs is 7. The van der Waals surface area contributed by atoms with Crippen LogP contribution in [0.25, 0.3) is 0 Å². The molecule has 0 radical (unpaired) electrons. The van der Waals surface area contributed by atoms with Gasteiger partial charge in [-0.2, -0.15) is 0 Å². The van der Waals surface area contributed by atoms with Crippen molar-refractivity contribution in [2.75, 3.05) is 31.1 Å². The average Bonchev–Trinajstić information content (AvgIpc) is 3.03. The summed E-state index contributed by atoms with van der Waals surface area (Å²) in [5.41, 5.74) is 3.04. The molecule has 1 aromatic carbocycles. The molecule has 48 heavy (non-hydrogen) atoms. The van der Waals surface area contributed by atoms with Gasteiger partial charge in [0.1, 0.15) is 6.10 Å². The number of hydrogen-bond acceptors (Lipinski definition) is 4. The fourth-order valence-corrected chi connectivity index (χ4v) is 13.4. The van der Waals surface area contributed by atoms with Crippen molar-refractivity contribution in [3.63, 3.8) is 0 Å². The van der Waals surface area contributed by atoms with Crippen molar-refractivity contribution < 1.29 is 14.3 Å². The smallest absolute Gasteiger partial charge is 0.302 e. The second-order valence-corrected chi connectivity index (χ2v) is 19.4. The average molecular weight is 677 g/mol. The normalized spacial score (nSPS) is 43.6. The number of amides is 1. The maximum atomic E-state index is 14.5. The Morgan fingerprint density at radius 3 is 2.21 bits per heavy atom.